The monoisotopic (exact) mass is 283 g/mol. The Morgan fingerprint density at radius 3 is 2.55 bits per heavy atom. The average molecular weight is 283 g/mol. The zero-order valence-corrected chi connectivity index (χ0v) is 13.3. The van der Waals surface area contributed by atoms with Gasteiger partial charge in [0.25, 0.3) is 0 Å². The van der Waals surface area contributed by atoms with Gasteiger partial charge in [-0.05, 0) is 37.5 Å². The highest BCUT2D eigenvalue weighted by Crippen LogP contribution is 2.33. The van der Waals surface area contributed by atoms with Crippen LogP contribution in [-0.2, 0) is 4.74 Å². The summed E-state index contributed by atoms with van der Waals surface area (Å²) in [5.74, 6) is 1.61. The molecule has 2 aliphatic rings. The molecule has 0 bridgehead atoms. The fourth-order valence-corrected chi connectivity index (χ4v) is 3.94. The van der Waals surface area contributed by atoms with Crippen LogP contribution >= 0.6 is 0 Å². The third-order valence-corrected chi connectivity index (χ3v) is 5.44. The van der Waals surface area contributed by atoms with Crippen LogP contribution in [0.5, 0.6) is 0 Å². The molecular weight excluding hydrogens is 250 g/mol. The topological polar surface area (TPSA) is 41.5 Å². The van der Waals surface area contributed by atoms with Gasteiger partial charge < -0.3 is 15.2 Å². The largest absolute Gasteiger partial charge is 0.389 e. The predicted octanol–water partition coefficient (Wildman–Crippen LogP) is 3.11. The highest BCUT2D eigenvalue weighted by molar-refractivity contribution is 4.86. The van der Waals surface area contributed by atoms with Gasteiger partial charge in [0.2, 0.25) is 0 Å². The van der Waals surface area contributed by atoms with E-state index >= 15 is 0 Å². The van der Waals surface area contributed by atoms with Crippen molar-refractivity contribution >= 4 is 0 Å². The summed E-state index contributed by atoms with van der Waals surface area (Å²) in [4.78, 5) is 0. The molecular formula is C17H33NO2. The summed E-state index contributed by atoms with van der Waals surface area (Å²) in [6.07, 6.45) is 10.2. The minimum atomic E-state index is -0.357. The number of hydrogen-bond donors (Lipinski definition) is 2. The Balaban J connectivity index is 1.59. The molecule has 0 amide bonds. The second-order valence-corrected chi connectivity index (χ2v) is 6.87. The van der Waals surface area contributed by atoms with E-state index < -0.39 is 0 Å². The first-order valence-electron chi connectivity index (χ1n) is 8.73. The van der Waals surface area contributed by atoms with Crippen molar-refractivity contribution in [1.82, 2.24) is 5.32 Å². The normalized spacial score (nSPS) is 33.5. The number of rotatable bonds is 7. The van der Waals surface area contributed by atoms with Gasteiger partial charge in [-0.25, -0.2) is 0 Å². The van der Waals surface area contributed by atoms with Crippen LogP contribution in [0, 0.1) is 11.8 Å². The Morgan fingerprint density at radius 2 is 1.90 bits per heavy atom. The molecule has 0 saturated heterocycles. The van der Waals surface area contributed by atoms with Gasteiger partial charge in [0.15, 0.2) is 0 Å². The van der Waals surface area contributed by atoms with E-state index in [-0.39, 0.29) is 6.10 Å². The Morgan fingerprint density at radius 1 is 1.15 bits per heavy atom. The van der Waals surface area contributed by atoms with Gasteiger partial charge in [0.1, 0.15) is 0 Å². The Labute approximate surface area is 124 Å². The van der Waals surface area contributed by atoms with Gasteiger partial charge in [0.05, 0.1) is 18.8 Å². The van der Waals surface area contributed by atoms with Crippen molar-refractivity contribution in [3.63, 3.8) is 0 Å². The van der Waals surface area contributed by atoms with Crippen LogP contribution in [-0.4, -0.2) is 36.5 Å². The van der Waals surface area contributed by atoms with E-state index in [1.807, 2.05) is 0 Å². The molecule has 0 aliphatic heterocycles. The molecule has 4 unspecified atom stereocenters. The van der Waals surface area contributed by atoms with Gasteiger partial charge in [-0.1, -0.05) is 39.5 Å². The van der Waals surface area contributed by atoms with Crippen LogP contribution < -0.4 is 5.32 Å². The summed E-state index contributed by atoms with van der Waals surface area (Å²) in [6, 6.07) is 0.587. The molecule has 2 aliphatic carbocycles. The third-order valence-electron chi connectivity index (χ3n) is 5.44. The molecule has 0 aromatic rings. The van der Waals surface area contributed by atoms with Gasteiger partial charge in [-0.3, -0.25) is 0 Å². The van der Waals surface area contributed by atoms with E-state index in [9.17, 15) is 5.11 Å². The lowest BCUT2D eigenvalue weighted by Gasteiger charge is -2.25. The summed E-state index contributed by atoms with van der Waals surface area (Å²) in [7, 11) is 0. The lowest BCUT2D eigenvalue weighted by molar-refractivity contribution is -0.0238. The van der Waals surface area contributed by atoms with Crippen molar-refractivity contribution in [2.75, 3.05) is 13.2 Å². The van der Waals surface area contributed by atoms with Crippen molar-refractivity contribution < 1.29 is 9.84 Å². The van der Waals surface area contributed by atoms with Gasteiger partial charge in [-0.2, -0.15) is 0 Å². The second-order valence-electron chi connectivity index (χ2n) is 6.87. The second kappa shape index (κ2) is 8.35. The Hall–Kier alpha value is -0.120. The fraction of sp³-hybridized carbons (Fsp3) is 1.00. The van der Waals surface area contributed by atoms with Crippen molar-refractivity contribution in [1.29, 1.82) is 0 Å². The highest BCUT2D eigenvalue weighted by Gasteiger charge is 2.31. The van der Waals surface area contributed by atoms with Crippen molar-refractivity contribution in [2.45, 2.75) is 83.5 Å². The van der Waals surface area contributed by atoms with Crippen LogP contribution in [0.3, 0.4) is 0 Å². The summed E-state index contributed by atoms with van der Waals surface area (Å²) in [6.45, 7) is 5.81. The predicted molar refractivity (Wildman–Crippen MR) is 82.8 cm³/mol. The quantitative estimate of drug-likeness (QED) is 0.754. The van der Waals surface area contributed by atoms with Gasteiger partial charge in [0, 0.05) is 12.6 Å². The molecule has 2 saturated carbocycles. The third kappa shape index (κ3) is 4.71. The van der Waals surface area contributed by atoms with Crippen LogP contribution in [0.1, 0.15) is 65.2 Å². The zero-order valence-electron chi connectivity index (χ0n) is 13.3. The molecule has 20 heavy (non-hydrogen) atoms. The molecule has 3 nitrogen and oxygen atoms in total. The first-order valence-corrected chi connectivity index (χ1v) is 8.73. The highest BCUT2D eigenvalue weighted by atomic mass is 16.5. The molecule has 0 spiro atoms. The van der Waals surface area contributed by atoms with Crippen LogP contribution in [0.4, 0.5) is 0 Å². The zero-order chi connectivity index (χ0) is 14.4. The standard InChI is InChI=1S/C17H33NO2/c1-3-14-9-10-17(13(14)2)18-11-15(19)12-20-16-7-5-4-6-8-16/h13-19H,3-12H2,1-2H3. The van der Waals surface area contributed by atoms with E-state index in [1.54, 1.807) is 0 Å². The molecule has 0 heterocycles. The molecule has 2 fully saturated rings. The number of aliphatic hydroxyl groups is 1. The maximum atomic E-state index is 10.1. The molecule has 2 N–H and O–H groups in total. The van der Waals surface area contributed by atoms with Crippen LogP contribution in [0.25, 0.3) is 0 Å². The summed E-state index contributed by atoms with van der Waals surface area (Å²) < 4.78 is 5.84. The van der Waals surface area contributed by atoms with Crippen molar-refractivity contribution in [3.8, 4) is 0 Å². The van der Waals surface area contributed by atoms with Crippen molar-refractivity contribution in [2.24, 2.45) is 11.8 Å². The summed E-state index contributed by atoms with van der Waals surface area (Å²) in [5, 5.41) is 13.6. The molecule has 0 radical (unpaired) electrons. The van der Waals surface area contributed by atoms with Crippen LogP contribution in [0.2, 0.25) is 0 Å². The maximum absolute atomic E-state index is 10.1. The molecule has 0 aromatic carbocycles. The van der Waals surface area contributed by atoms with E-state index in [1.165, 1.54) is 51.4 Å². The Kier molecular flexibility index (Phi) is 6.79. The van der Waals surface area contributed by atoms with E-state index in [4.69, 9.17) is 4.74 Å². The first kappa shape index (κ1) is 16.3. The molecule has 118 valence electrons. The lowest BCUT2D eigenvalue weighted by atomic mass is 9.93. The molecule has 4 atom stereocenters. The van der Waals surface area contributed by atoms with E-state index in [0.717, 1.165) is 11.8 Å². The minimum Gasteiger partial charge on any atom is -0.389 e. The lowest BCUT2D eigenvalue weighted by Crippen LogP contribution is -2.40. The molecule has 0 aromatic heterocycles. The first-order chi connectivity index (χ1) is 9.70. The van der Waals surface area contributed by atoms with Crippen molar-refractivity contribution in [3.05, 3.63) is 0 Å². The number of hydrogen-bond acceptors (Lipinski definition) is 3. The SMILES string of the molecule is CCC1CCC(NCC(O)COC2CCCCC2)C1C. The maximum Gasteiger partial charge on any atom is 0.0897 e. The fourth-order valence-electron chi connectivity index (χ4n) is 3.94. The number of nitrogens with one attached hydrogen (secondary N) is 1. The van der Waals surface area contributed by atoms with E-state index in [2.05, 4.69) is 19.2 Å². The minimum absolute atomic E-state index is 0.357. The van der Waals surface area contributed by atoms with Crippen LogP contribution in [0.15, 0.2) is 0 Å². The van der Waals surface area contributed by atoms with Gasteiger partial charge in [-0.15, -0.1) is 0 Å². The molecule has 3 heteroatoms. The number of ether oxygens (including phenoxy) is 1. The van der Waals surface area contributed by atoms with E-state index in [0.29, 0.717) is 25.3 Å². The number of aliphatic hydroxyl groups excluding tert-OH is 1. The molecule has 2 rings (SSSR count). The summed E-state index contributed by atoms with van der Waals surface area (Å²) >= 11 is 0. The Bertz CT molecular complexity index is 266. The van der Waals surface area contributed by atoms with Gasteiger partial charge >= 0.3 is 0 Å². The smallest absolute Gasteiger partial charge is 0.0897 e. The summed E-state index contributed by atoms with van der Waals surface area (Å²) in [5.41, 5.74) is 0. The average Bonchev–Trinajstić information content (AvgIpc) is 2.84.